The highest BCUT2D eigenvalue weighted by Gasteiger charge is 2.35. The molecule has 1 fully saturated rings. The van der Waals surface area contributed by atoms with Gasteiger partial charge < -0.3 is 14.0 Å². The largest absolute Gasteiger partial charge is 0.444 e. The highest BCUT2D eigenvalue weighted by Crippen LogP contribution is 2.24. The first kappa shape index (κ1) is 13.8. The second-order valence-electron chi connectivity index (χ2n) is 5.44. The van der Waals surface area contributed by atoms with Gasteiger partial charge in [-0.3, -0.25) is 4.90 Å². The molecule has 19 heavy (non-hydrogen) atoms. The lowest BCUT2D eigenvalue weighted by Gasteiger charge is -2.34. The van der Waals surface area contributed by atoms with Gasteiger partial charge in [0.05, 0.1) is 13.2 Å². The number of rotatable bonds is 1. The number of nitrogens with zero attached hydrogens (tertiary/aromatic N) is 3. The van der Waals surface area contributed by atoms with Crippen LogP contribution < -0.4 is 0 Å². The van der Waals surface area contributed by atoms with E-state index < -0.39 is 11.7 Å². The maximum Gasteiger partial charge on any atom is 0.411 e. The van der Waals surface area contributed by atoms with Crippen LogP contribution in [0.15, 0.2) is 4.52 Å². The highest BCUT2D eigenvalue weighted by molar-refractivity contribution is 5.68. The molecule has 0 radical (unpaired) electrons. The van der Waals surface area contributed by atoms with Gasteiger partial charge in [0.15, 0.2) is 5.82 Å². The molecule has 0 spiro atoms. The van der Waals surface area contributed by atoms with E-state index in [9.17, 15) is 4.79 Å². The fraction of sp³-hybridized carbons (Fsp3) is 0.750. The molecule has 106 valence electrons. The number of hydrogen-bond acceptors (Lipinski definition) is 6. The SMILES string of the molecule is Cc1noc(C2COCCN2C(=O)OC(C)(C)C)n1. The average molecular weight is 269 g/mol. The van der Waals surface area contributed by atoms with Crippen molar-refractivity contribution in [3.63, 3.8) is 0 Å². The first-order valence-corrected chi connectivity index (χ1v) is 6.24. The van der Waals surface area contributed by atoms with Crippen molar-refractivity contribution in [2.24, 2.45) is 0 Å². The van der Waals surface area contributed by atoms with E-state index in [1.807, 2.05) is 20.8 Å². The molecule has 0 aliphatic carbocycles. The van der Waals surface area contributed by atoms with Gasteiger partial charge in [-0.2, -0.15) is 4.98 Å². The fourth-order valence-electron chi connectivity index (χ4n) is 1.80. The summed E-state index contributed by atoms with van der Waals surface area (Å²) in [6, 6.07) is -0.384. The van der Waals surface area contributed by atoms with Crippen molar-refractivity contribution >= 4 is 6.09 Å². The summed E-state index contributed by atoms with van der Waals surface area (Å²) < 4.78 is 15.9. The molecule has 1 aromatic heterocycles. The predicted molar refractivity (Wildman–Crippen MR) is 65.5 cm³/mol. The first-order chi connectivity index (χ1) is 8.87. The van der Waals surface area contributed by atoms with E-state index in [1.54, 1.807) is 11.8 Å². The summed E-state index contributed by atoms with van der Waals surface area (Å²) in [5.74, 6) is 0.910. The minimum Gasteiger partial charge on any atom is -0.444 e. The molecule has 0 bridgehead atoms. The molecule has 1 unspecified atom stereocenters. The smallest absolute Gasteiger partial charge is 0.411 e. The number of aromatic nitrogens is 2. The summed E-state index contributed by atoms with van der Waals surface area (Å²) in [6.45, 7) is 8.48. The van der Waals surface area contributed by atoms with Crippen molar-refractivity contribution in [1.29, 1.82) is 0 Å². The van der Waals surface area contributed by atoms with Crippen LogP contribution in [0.4, 0.5) is 4.79 Å². The summed E-state index contributed by atoms with van der Waals surface area (Å²) in [5.41, 5.74) is -0.537. The van der Waals surface area contributed by atoms with E-state index in [0.29, 0.717) is 31.5 Å². The summed E-state index contributed by atoms with van der Waals surface area (Å²) in [6.07, 6.45) is -0.392. The van der Waals surface area contributed by atoms with Crippen LogP contribution in [-0.2, 0) is 9.47 Å². The predicted octanol–water partition coefficient (Wildman–Crippen LogP) is 1.69. The van der Waals surface area contributed by atoms with Crippen molar-refractivity contribution in [2.75, 3.05) is 19.8 Å². The number of ether oxygens (including phenoxy) is 2. The van der Waals surface area contributed by atoms with E-state index in [4.69, 9.17) is 14.0 Å². The number of morpholine rings is 1. The molecular formula is C12H19N3O4. The fourth-order valence-corrected chi connectivity index (χ4v) is 1.80. The minimum absolute atomic E-state index is 0.334. The van der Waals surface area contributed by atoms with Crippen molar-refractivity contribution in [3.05, 3.63) is 11.7 Å². The lowest BCUT2D eigenvalue weighted by atomic mass is 10.2. The van der Waals surface area contributed by atoms with Crippen molar-refractivity contribution in [3.8, 4) is 0 Å². The molecule has 7 heteroatoms. The van der Waals surface area contributed by atoms with Crippen LogP contribution in [0, 0.1) is 6.92 Å². The molecule has 1 aromatic rings. The molecule has 7 nitrogen and oxygen atoms in total. The maximum atomic E-state index is 12.2. The molecule has 2 rings (SSSR count). The Morgan fingerprint density at radius 2 is 2.21 bits per heavy atom. The lowest BCUT2D eigenvalue weighted by Crippen LogP contribution is -2.45. The van der Waals surface area contributed by atoms with Crippen molar-refractivity contribution in [1.82, 2.24) is 15.0 Å². The van der Waals surface area contributed by atoms with Crippen LogP contribution in [-0.4, -0.2) is 46.5 Å². The van der Waals surface area contributed by atoms with Gasteiger partial charge in [0, 0.05) is 6.54 Å². The Labute approximate surface area is 111 Å². The molecule has 1 amide bonds. The molecule has 0 saturated carbocycles. The van der Waals surface area contributed by atoms with E-state index in [2.05, 4.69) is 10.1 Å². The number of aryl methyl sites for hydroxylation is 1. The molecule has 1 aliphatic rings. The molecule has 0 N–H and O–H groups in total. The lowest BCUT2D eigenvalue weighted by molar-refractivity contribution is -0.0401. The molecular weight excluding hydrogens is 250 g/mol. The summed E-state index contributed by atoms with van der Waals surface area (Å²) in [4.78, 5) is 17.9. The second-order valence-corrected chi connectivity index (χ2v) is 5.44. The molecule has 1 aliphatic heterocycles. The van der Waals surface area contributed by atoms with E-state index in [-0.39, 0.29) is 6.04 Å². The third-order valence-corrected chi connectivity index (χ3v) is 2.58. The zero-order chi connectivity index (χ0) is 14.0. The van der Waals surface area contributed by atoms with Crippen molar-refractivity contribution < 1.29 is 18.8 Å². The normalized spacial score (nSPS) is 20.4. The van der Waals surface area contributed by atoms with Gasteiger partial charge in [-0.05, 0) is 27.7 Å². The zero-order valence-corrected chi connectivity index (χ0v) is 11.7. The van der Waals surface area contributed by atoms with Crippen LogP contribution in [0.2, 0.25) is 0 Å². The topological polar surface area (TPSA) is 77.7 Å². The van der Waals surface area contributed by atoms with Gasteiger partial charge in [0.1, 0.15) is 11.6 Å². The van der Waals surface area contributed by atoms with Crippen LogP contribution in [0.5, 0.6) is 0 Å². The zero-order valence-electron chi connectivity index (χ0n) is 11.7. The third-order valence-electron chi connectivity index (χ3n) is 2.58. The summed E-state index contributed by atoms with van der Waals surface area (Å²) >= 11 is 0. The van der Waals surface area contributed by atoms with Gasteiger partial charge >= 0.3 is 6.09 Å². The standard InChI is InChI=1S/C12H19N3O4/c1-8-13-10(19-14-8)9-7-17-6-5-15(9)11(16)18-12(2,3)4/h9H,5-7H2,1-4H3. The Morgan fingerprint density at radius 1 is 1.47 bits per heavy atom. The van der Waals surface area contributed by atoms with Crippen LogP contribution in [0.25, 0.3) is 0 Å². The van der Waals surface area contributed by atoms with Gasteiger partial charge in [0.25, 0.3) is 5.89 Å². The van der Waals surface area contributed by atoms with E-state index in [1.165, 1.54) is 0 Å². The minimum atomic E-state index is -0.537. The Kier molecular flexibility index (Phi) is 3.75. The Hall–Kier alpha value is -1.63. The number of carbonyl (C=O) groups is 1. The van der Waals surface area contributed by atoms with E-state index in [0.717, 1.165) is 0 Å². The van der Waals surface area contributed by atoms with Gasteiger partial charge in [-0.15, -0.1) is 0 Å². The van der Waals surface area contributed by atoms with Crippen molar-refractivity contribution in [2.45, 2.75) is 39.3 Å². The second kappa shape index (κ2) is 5.16. The Bertz CT molecular complexity index is 452. The number of amides is 1. The molecule has 1 atom stereocenters. The molecule has 1 saturated heterocycles. The van der Waals surface area contributed by atoms with Crippen LogP contribution in [0.1, 0.15) is 38.5 Å². The summed E-state index contributed by atoms with van der Waals surface area (Å²) in [5, 5.41) is 3.74. The highest BCUT2D eigenvalue weighted by atomic mass is 16.6. The van der Waals surface area contributed by atoms with Gasteiger partial charge in [-0.1, -0.05) is 5.16 Å². The molecule has 0 aromatic carbocycles. The first-order valence-electron chi connectivity index (χ1n) is 6.24. The number of hydrogen-bond donors (Lipinski definition) is 0. The average Bonchev–Trinajstić information content (AvgIpc) is 2.73. The Balaban J connectivity index is 2.14. The Morgan fingerprint density at radius 3 is 2.79 bits per heavy atom. The number of carbonyl (C=O) groups excluding carboxylic acids is 1. The quantitative estimate of drug-likeness (QED) is 0.772. The van der Waals surface area contributed by atoms with E-state index >= 15 is 0 Å². The monoisotopic (exact) mass is 269 g/mol. The molecule has 2 heterocycles. The van der Waals surface area contributed by atoms with Gasteiger partial charge in [0.2, 0.25) is 0 Å². The van der Waals surface area contributed by atoms with Crippen LogP contribution in [0.3, 0.4) is 0 Å². The van der Waals surface area contributed by atoms with Gasteiger partial charge in [-0.25, -0.2) is 4.79 Å². The maximum absolute atomic E-state index is 12.2. The third kappa shape index (κ3) is 3.44. The summed E-state index contributed by atoms with van der Waals surface area (Å²) in [7, 11) is 0. The van der Waals surface area contributed by atoms with Crippen LogP contribution >= 0.6 is 0 Å².